The molecule has 1 aromatic carbocycles. The maximum Gasteiger partial charge on any atom is 0.256 e. The van der Waals surface area contributed by atoms with Gasteiger partial charge in [-0.05, 0) is 31.0 Å². The van der Waals surface area contributed by atoms with E-state index in [4.69, 9.17) is 11.6 Å². The van der Waals surface area contributed by atoms with E-state index in [1.54, 1.807) is 0 Å². The average molecular weight is 268 g/mol. The summed E-state index contributed by atoms with van der Waals surface area (Å²) in [5, 5.41) is 6.08. The number of carbonyl (C=O) groups is 1. The molecule has 0 saturated heterocycles. The Morgan fingerprint density at radius 1 is 1.44 bits per heavy atom. The van der Waals surface area contributed by atoms with E-state index in [9.17, 15) is 9.18 Å². The minimum atomic E-state index is -0.857. The molecule has 2 aliphatic rings. The number of amides is 1. The zero-order chi connectivity index (χ0) is 12.7. The van der Waals surface area contributed by atoms with E-state index in [0.29, 0.717) is 17.0 Å². The number of rotatable bonds is 2. The van der Waals surface area contributed by atoms with Crippen LogP contribution in [0.15, 0.2) is 23.2 Å². The smallest absolute Gasteiger partial charge is 0.256 e. The van der Waals surface area contributed by atoms with Crippen LogP contribution in [0, 0.1) is 5.82 Å². The standard InChI is InChI=1S/C12H11ClFN3O/c13-6-1-4-9(14)8(5-6)10-11(18)17-12(16-10)15-7-2-3-7/h1,4-5,7,10H,2-3H2,(H2,15,16,17,18). The van der Waals surface area contributed by atoms with Crippen LogP contribution in [0.2, 0.25) is 5.02 Å². The molecule has 0 radical (unpaired) electrons. The Kier molecular flexibility index (Phi) is 2.70. The summed E-state index contributed by atoms with van der Waals surface area (Å²) >= 11 is 5.81. The Bertz CT molecular complexity index is 542. The molecule has 2 N–H and O–H groups in total. The monoisotopic (exact) mass is 267 g/mol. The van der Waals surface area contributed by atoms with E-state index in [1.807, 2.05) is 0 Å². The van der Waals surface area contributed by atoms with Crippen molar-refractivity contribution in [3.63, 3.8) is 0 Å². The van der Waals surface area contributed by atoms with Crippen molar-refractivity contribution in [1.82, 2.24) is 10.6 Å². The summed E-state index contributed by atoms with van der Waals surface area (Å²) in [6.07, 6.45) is 2.15. The number of hydrogen-bond donors (Lipinski definition) is 2. The molecular formula is C12H11ClFN3O. The van der Waals surface area contributed by atoms with Crippen LogP contribution in [-0.2, 0) is 4.79 Å². The molecular weight excluding hydrogens is 257 g/mol. The fourth-order valence-corrected chi connectivity index (χ4v) is 2.01. The highest BCUT2D eigenvalue weighted by molar-refractivity contribution is 6.30. The molecule has 0 spiro atoms. The number of benzene rings is 1. The first-order chi connectivity index (χ1) is 8.63. The van der Waals surface area contributed by atoms with Gasteiger partial charge in [-0.1, -0.05) is 11.6 Å². The third-order valence-corrected chi connectivity index (χ3v) is 3.15. The maximum absolute atomic E-state index is 13.7. The fraction of sp³-hybridized carbons (Fsp3) is 0.333. The molecule has 1 atom stereocenters. The van der Waals surface area contributed by atoms with Crippen LogP contribution in [-0.4, -0.2) is 17.9 Å². The first kappa shape index (κ1) is 11.5. The molecule has 1 heterocycles. The Morgan fingerprint density at radius 2 is 2.22 bits per heavy atom. The first-order valence-corrected chi connectivity index (χ1v) is 6.11. The van der Waals surface area contributed by atoms with Crippen molar-refractivity contribution < 1.29 is 9.18 Å². The molecule has 1 amide bonds. The topological polar surface area (TPSA) is 53.5 Å². The molecule has 1 unspecified atom stereocenters. The van der Waals surface area contributed by atoms with Gasteiger partial charge in [0.1, 0.15) is 5.82 Å². The number of nitrogens with one attached hydrogen (secondary N) is 2. The second-order valence-corrected chi connectivity index (χ2v) is 4.89. The number of halogens is 2. The summed E-state index contributed by atoms with van der Waals surface area (Å²) in [6, 6.07) is 3.65. The van der Waals surface area contributed by atoms with Gasteiger partial charge in [-0.2, -0.15) is 0 Å². The molecule has 4 nitrogen and oxygen atoms in total. The van der Waals surface area contributed by atoms with E-state index in [2.05, 4.69) is 15.6 Å². The van der Waals surface area contributed by atoms with Crippen molar-refractivity contribution in [2.24, 2.45) is 4.99 Å². The van der Waals surface area contributed by atoms with Gasteiger partial charge in [-0.15, -0.1) is 0 Å². The Labute approximate surface area is 108 Å². The number of nitrogens with zero attached hydrogens (tertiary/aromatic N) is 1. The molecule has 18 heavy (non-hydrogen) atoms. The van der Waals surface area contributed by atoms with Crippen molar-refractivity contribution in [3.05, 3.63) is 34.6 Å². The number of guanidine groups is 1. The Hall–Kier alpha value is -1.62. The predicted octanol–water partition coefficient (Wildman–Crippen LogP) is 1.76. The third kappa shape index (κ3) is 2.18. The molecule has 0 bridgehead atoms. The minimum Gasteiger partial charge on any atom is -0.353 e. The van der Waals surface area contributed by atoms with Crippen LogP contribution in [0.25, 0.3) is 0 Å². The van der Waals surface area contributed by atoms with E-state index >= 15 is 0 Å². The summed E-state index contributed by atoms with van der Waals surface area (Å²) in [5.74, 6) is -0.387. The molecule has 1 aromatic rings. The van der Waals surface area contributed by atoms with Crippen molar-refractivity contribution in [2.75, 3.05) is 0 Å². The normalized spacial score (nSPS) is 22.7. The first-order valence-electron chi connectivity index (χ1n) is 5.73. The second kappa shape index (κ2) is 4.24. The van der Waals surface area contributed by atoms with Gasteiger partial charge >= 0.3 is 0 Å². The van der Waals surface area contributed by atoms with Crippen LogP contribution in [0.3, 0.4) is 0 Å². The average Bonchev–Trinajstić information content (AvgIpc) is 3.06. The van der Waals surface area contributed by atoms with Crippen molar-refractivity contribution in [2.45, 2.75) is 24.9 Å². The zero-order valence-corrected chi connectivity index (χ0v) is 10.2. The summed E-state index contributed by atoms with van der Waals surface area (Å²) in [5.41, 5.74) is 0.201. The van der Waals surface area contributed by atoms with Gasteiger partial charge in [0, 0.05) is 16.6 Å². The third-order valence-electron chi connectivity index (χ3n) is 2.92. The number of aliphatic imine (C=N–C) groups is 1. The highest BCUT2D eigenvalue weighted by Crippen LogP contribution is 2.27. The lowest BCUT2D eigenvalue weighted by atomic mass is 10.1. The van der Waals surface area contributed by atoms with Crippen LogP contribution in [0.1, 0.15) is 24.4 Å². The Morgan fingerprint density at radius 3 is 2.94 bits per heavy atom. The number of hydrogen-bond acceptors (Lipinski definition) is 3. The zero-order valence-electron chi connectivity index (χ0n) is 9.41. The highest BCUT2D eigenvalue weighted by atomic mass is 35.5. The second-order valence-electron chi connectivity index (χ2n) is 4.45. The predicted molar refractivity (Wildman–Crippen MR) is 65.9 cm³/mol. The largest absolute Gasteiger partial charge is 0.353 e. The lowest BCUT2D eigenvalue weighted by Gasteiger charge is -2.06. The van der Waals surface area contributed by atoms with Crippen LogP contribution >= 0.6 is 11.6 Å². The number of carbonyl (C=O) groups excluding carboxylic acids is 1. The Balaban J connectivity index is 1.88. The van der Waals surface area contributed by atoms with E-state index in [0.717, 1.165) is 12.8 Å². The molecule has 6 heteroatoms. The van der Waals surface area contributed by atoms with Gasteiger partial charge in [0.25, 0.3) is 5.91 Å². The quantitative estimate of drug-likeness (QED) is 0.858. The van der Waals surface area contributed by atoms with Crippen LogP contribution < -0.4 is 10.6 Å². The van der Waals surface area contributed by atoms with Crippen molar-refractivity contribution in [3.8, 4) is 0 Å². The van der Waals surface area contributed by atoms with E-state index < -0.39 is 11.9 Å². The molecule has 0 aromatic heterocycles. The molecule has 1 saturated carbocycles. The molecule has 94 valence electrons. The molecule has 3 rings (SSSR count). The fourth-order valence-electron chi connectivity index (χ4n) is 1.83. The summed E-state index contributed by atoms with van der Waals surface area (Å²) < 4.78 is 13.7. The van der Waals surface area contributed by atoms with Gasteiger partial charge in [-0.3, -0.25) is 10.1 Å². The van der Waals surface area contributed by atoms with Crippen LogP contribution in [0.4, 0.5) is 4.39 Å². The lowest BCUT2D eigenvalue weighted by molar-refractivity contribution is -0.120. The maximum atomic E-state index is 13.7. The van der Waals surface area contributed by atoms with Crippen molar-refractivity contribution in [1.29, 1.82) is 0 Å². The molecule has 1 aliphatic heterocycles. The van der Waals surface area contributed by atoms with Gasteiger partial charge in [0.2, 0.25) is 0 Å². The van der Waals surface area contributed by atoms with E-state index in [-0.39, 0.29) is 11.5 Å². The molecule has 1 fully saturated rings. The van der Waals surface area contributed by atoms with Gasteiger partial charge in [-0.25, -0.2) is 9.38 Å². The van der Waals surface area contributed by atoms with Gasteiger partial charge < -0.3 is 5.32 Å². The van der Waals surface area contributed by atoms with E-state index in [1.165, 1.54) is 18.2 Å². The van der Waals surface area contributed by atoms with Crippen molar-refractivity contribution >= 4 is 23.5 Å². The molecule has 1 aliphatic carbocycles. The minimum absolute atomic E-state index is 0.201. The highest BCUT2D eigenvalue weighted by Gasteiger charge is 2.32. The van der Waals surface area contributed by atoms with Crippen LogP contribution in [0.5, 0.6) is 0 Å². The van der Waals surface area contributed by atoms with Gasteiger partial charge in [0.15, 0.2) is 12.0 Å². The lowest BCUT2D eigenvalue weighted by Crippen LogP contribution is -2.37. The summed E-state index contributed by atoms with van der Waals surface area (Å²) in [4.78, 5) is 15.9. The van der Waals surface area contributed by atoms with Gasteiger partial charge in [0.05, 0.1) is 0 Å². The summed E-state index contributed by atoms with van der Waals surface area (Å²) in [6.45, 7) is 0. The summed E-state index contributed by atoms with van der Waals surface area (Å²) in [7, 11) is 0. The SMILES string of the molecule is O=C1NC(NC2CC2)=NC1c1cc(Cl)ccc1F.